The number of aryl methyl sites for hydroxylation is 1. The monoisotopic (exact) mass is 380 g/mol. The van der Waals surface area contributed by atoms with Crippen LogP contribution in [0.5, 0.6) is 0 Å². The largest absolute Gasteiger partial charge is 0.353 e. The van der Waals surface area contributed by atoms with Crippen molar-refractivity contribution in [3.05, 3.63) is 65.2 Å². The van der Waals surface area contributed by atoms with Gasteiger partial charge in [0.1, 0.15) is 5.82 Å². The summed E-state index contributed by atoms with van der Waals surface area (Å²) in [6.45, 7) is 4.96. The summed E-state index contributed by atoms with van der Waals surface area (Å²) in [4.78, 5) is 21.3. The average molecular weight is 381 g/mol. The van der Waals surface area contributed by atoms with Gasteiger partial charge < -0.3 is 15.1 Å². The molecule has 0 aliphatic carbocycles. The number of hydrogen-bond donors (Lipinski definition) is 1. The molecule has 0 radical (unpaired) electrons. The number of carbonyl (C=O) groups excluding carboxylic acids is 1. The van der Waals surface area contributed by atoms with Crippen LogP contribution < -0.4 is 10.2 Å². The number of aromatic nitrogens is 1. The number of piperazine rings is 1. The van der Waals surface area contributed by atoms with Crippen molar-refractivity contribution in [2.24, 2.45) is 0 Å². The molecule has 2 amide bonds. The zero-order valence-electron chi connectivity index (χ0n) is 15.2. The number of fused-ring (bicyclic) bond motifs is 1. The van der Waals surface area contributed by atoms with Crippen LogP contribution >= 0.6 is 11.6 Å². The minimum Gasteiger partial charge on any atom is -0.353 e. The number of pyridine rings is 1. The van der Waals surface area contributed by atoms with Crippen LogP contribution in [-0.4, -0.2) is 42.1 Å². The Morgan fingerprint density at radius 2 is 1.74 bits per heavy atom. The molecule has 0 spiro atoms. The highest BCUT2D eigenvalue weighted by molar-refractivity contribution is 6.30. The number of rotatable bonds is 2. The molecule has 0 bridgehead atoms. The van der Waals surface area contributed by atoms with Gasteiger partial charge >= 0.3 is 6.03 Å². The van der Waals surface area contributed by atoms with E-state index in [9.17, 15) is 4.79 Å². The van der Waals surface area contributed by atoms with Gasteiger partial charge in [-0.1, -0.05) is 29.8 Å². The summed E-state index contributed by atoms with van der Waals surface area (Å²) >= 11 is 5.88. The Bertz CT molecular complexity index is 966. The summed E-state index contributed by atoms with van der Waals surface area (Å²) in [6, 6.07) is 17.4. The third-order valence-electron chi connectivity index (χ3n) is 4.90. The van der Waals surface area contributed by atoms with Crippen molar-refractivity contribution in [3.63, 3.8) is 0 Å². The first kappa shape index (κ1) is 17.6. The minimum atomic E-state index is -0.0837. The van der Waals surface area contributed by atoms with Crippen molar-refractivity contribution in [3.8, 4) is 0 Å². The van der Waals surface area contributed by atoms with Gasteiger partial charge in [0.2, 0.25) is 0 Å². The van der Waals surface area contributed by atoms with Gasteiger partial charge in [0.05, 0.1) is 5.52 Å². The number of benzene rings is 2. The van der Waals surface area contributed by atoms with Crippen LogP contribution in [0.25, 0.3) is 10.9 Å². The molecule has 27 heavy (non-hydrogen) atoms. The number of nitrogens with one attached hydrogen (secondary N) is 1. The summed E-state index contributed by atoms with van der Waals surface area (Å²) in [5.41, 5.74) is 2.98. The van der Waals surface area contributed by atoms with E-state index in [2.05, 4.69) is 29.3 Å². The molecule has 1 aromatic heterocycles. The summed E-state index contributed by atoms with van der Waals surface area (Å²) in [5.74, 6) is 0.976. The standard InChI is InChI=1S/C21H21ClN4O/c1-15-14-20(24-19-5-3-2-4-18(15)19)25-10-12-26(13-11-25)21(27)23-17-8-6-16(22)7-9-17/h2-9,14H,10-13H2,1H3,(H,23,27). The number of amides is 2. The smallest absolute Gasteiger partial charge is 0.321 e. The normalized spacial score (nSPS) is 14.4. The lowest BCUT2D eigenvalue weighted by atomic mass is 10.1. The Kier molecular flexibility index (Phi) is 4.86. The lowest BCUT2D eigenvalue weighted by Crippen LogP contribution is -2.50. The molecule has 1 aliphatic rings. The molecular weight excluding hydrogens is 360 g/mol. The predicted octanol–water partition coefficient (Wildman–Crippen LogP) is 4.55. The molecule has 6 heteroatoms. The van der Waals surface area contributed by atoms with Gasteiger partial charge in [-0.15, -0.1) is 0 Å². The fourth-order valence-electron chi connectivity index (χ4n) is 3.37. The van der Waals surface area contributed by atoms with E-state index >= 15 is 0 Å². The van der Waals surface area contributed by atoms with Crippen LogP contribution in [0.2, 0.25) is 5.02 Å². The van der Waals surface area contributed by atoms with Crippen molar-refractivity contribution < 1.29 is 4.79 Å². The molecular formula is C21H21ClN4O. The molecule has 0 atom stereocenters. The third-order valence-corrected chi connectivity index (χ3v) is 5.15. The second-order valence-electron chi connectivity index (χ2n) is 6.73. The van der Waals surface area contributed by atoms with Crippen LogP contribution in [0.3, 0.4) is 0 Å². The van der Waals surface area contributed by atoms with Gasteiger partial charge in [-0.3, -0.25) is 0 Å². The van der Waals surface area contributed by atoms with Gasteiger partial charge in [-0.05, 0) is 48.9 Å². The molecule has 2 aromatic carbocycles. The van der Waals surface area contributed by atoms with E-state index in [0.29, 0.717) is 18.1 Å². The van der Waals surface area contributed by atoms with E-state index in [1.165, 1.54) is 10.9 Å². The van der Waals surface area contributed by atoms with E-state index in [1.54, 1.807) is 24.3 Å². The molecule has 1 fully saturated rings. The Morgan fingerprint density at radius 3 is 2.48 bits per heavy atom. The fourth-order valence-corrected chi connectivity index (χ4v) is 3.49. The van der Waals surface area contributed by atoms with Gasteiger partial charge in [0.15, 0.2) is 0 Å². The molecule has 3 aromatic rings. The molecule has 138 valence electrons. The van der Waals surface area contributed by atoms with Crippen LogP contribution in [-0.2, 0) is 0 Å². The van der Waals surface area contributed by atoms with E-state index < -0.39 is 0 Å². The van der Waals surface area contributed by atoms with E-state index in [1.807, 2.05) is 23.1 Å². The topological polar surface area (TPSA) is 48.5 Å². The number of urea groups is 1. The van der Waals surface area contributed by atoms with Crippen LogP contribution in [0.15, 0.2) is 54.6 Å². The third kappa shape index (κ3) is 3.83. The second kappa shape index (κ2) is 7.45. The molecule has 0 unspecified atom stereocenters. The van der Waals surface area contributed by atoms with Gasteiger partial charge in [-0.25, -0.2) is 9.78 Å². The van der Waals surface area contributed by atoms with Crippen molar-refractivity contribution in [2.45, 2.75) is 6.92 Å². The Labute approximate surface area is 163 Å². The Balaban J connectivity index is 1.41. The number of carbonyl (C=O) groups is 1. The maximum absolute atomic E-state index is 12.5. The first-order valence-electron chi connectivity index (χ1n) is 9.03. The second-order valence-corrected chi connectivity index (χ2v) is 7.16. The van der Waals surface area contributed by atoms with Gasteiger partial charge in [-0.2, -0.15) is 0 Å². The number of halogens is 1. The SMILES string of the molecule is Cc1cc(N2CCN(C(=O)Nc3ccc(Cl)cc3)CC2)nc2ccccc12. The summed E-state index contributed by atoms with van der Waals surface area (Å²) < 4.78 is 0. The Morgan fingerprint density at radius 1 is 1.04 bits per heavy atom. The van der Waals surface area contributed by atoms with Crippen molar-refractivity contribution in [2.75, 3.05) is 36.4 Å². The molecule has 1 N–H and O–H groups in total. The zero-order valence-corrected chi connectivity index (χ0v) is 15.9. The first-order valence-corrected chi connectivity index (χ1v) is 9.41. The van der Waals surface area contributed by atoms with Crippen molar-refractivity contribution >= 4 is 40.0 Å². The highest BCUT2D eigenvalue weighted by Gasteiger charge is 2.22. The Hall–Kier alpha value is -2.79. The predicted molar refractivity (Wildman–Crippen MR) is 111 cm³/mol. The summed E-state index contributed by atoms with van der Waals surface area (Å²) in [7, 11) is 0. The first-order chi connectivity index (χ1) is 13.1. The maximum atomic E-state index is 12.5. The number of nitrogens with zero attached hydrogens (tertiary/aromatic N) is 3. The van der Waals surface area contributed by atoms with E-state index in [0.717, 1.165) is 30.1 Å². The number of hydrogen-bond acceptors (Lipinski definition) is 3. The molecule has 1 saturated heterocycles. The molecule has 0 saturated carbocycles. The zero-order chi connectivity index (χ0) is 18.8. The van der Waals surface area contributed by atoms with Gasteiger partial charge in [0.25, 0.3) is 0 Å². The van der Waals surface area contributed by atoms with Crippen molar-refractivity contribution in [1.29, 1.82) is 0 Å². The quantitative estimate of drug-likeness (QED) is 0.709. The lowest BCUT2D eigenvalue weighted by Gasteiger charge is -2.35. The van der Waals surface area contributed by atoms with E-state index in [-0.39, 0.29) is 6.03 Å². The highest BCUT2D eigenvalue weighted by Crippen LogP contribution is 2.23. The van der Waals surface area contributed by atoms with Gasteiger partial charge in [0, 0.05) is 42.3 Å². The van der Waals surface area contributed by atoms with Crippen LogP contribution in [0, 0.1) is 6.92 Å². The minimum absolute atomic E-state index is 0.0837. The van der Waals surface area contributed by atoms with Crippen LogP contribution in [0.1, 0.15) is 5.56 Å². The summed E-state index contributed by atoms with van der Waals surface area (Å²) in [5, 5.41) is 4.76. The van der Waals surface area contributed by atoms with Crippen LogP contribution in [0.4, 0.5) is 16.3 Å². The molecule has 1 aliphatic heterocycles. The summed E-state index contributed by atoms with van der Waals surface area (Å²) in [6.07, 6.45) is 0. The van der Waals surface area contributed by atoms with Crippen molar-refractivity contribution in [1.82, 2.24) is 9.88 Å². The number of anilines is 2. The molecule has 5 nitrogen and oxygen atoms in total. The highest BCUT2D eigenvalue weighted by atomic mass is 35.5. The lowest BCUT2D eigenvalue weighted by molar-refractivity contribution is 0.208. The molecule has 4 rings (SSSR count). The van der Waals surface area contributed by atoms with E-state index in [4.69, 9.17) is 16.6 Å². The fraction of sp³-hybridized carbons (Fsp3) is 0.238. The number of para-hydroxylation sites is 1. The molecule has 2 heterocycles. The average Bonchev–Trinajstić information content (AvgIpc) is 2.70. The maximum Gasteiger partial charge on any atom is 0.321 e.